The third-order valence-corrected chi connectivity index (χ3v) is 13.5. The Kier molecular flexibility index (Phi) is 29.2. The van der Waals surface area contributed by atoms with Gasteiger partial charge in [0.15, 0.2) is 0 Å². The molecule has 0 atom stereocenters. The SMILES string of the molecule is C=CCCCCCCC[CH2-].C=CCCCCCCC[CH2-].[Pt+2].c1ccc(P(CCP(c2ccccc2)c2ccccc2)c2ccccc2)cc1. The van der Waals surface area contributed by atoms with Crippen LogP contribution in [0.2, 0.25) is 0 Å². The standard InChI is InChI=1S/C26H24P2.2C10H19.Pt/c1-5-13-23(14-6-1)27(24-15-7-2-8-16-24)21-22-28(25-17-9-3-10-18-25)26-19-11-4-12-20-26;2*1-3-5-7-9-10-8-6-4-2;/h1-20H,21-22H2;2*3H,1-2,4-10H2;/q;2*-1;+2. The van der Waals surface area contributed by atoms with E-state index in [1.54, 1.807) is 0 Å². The molecule has 0 spiro atoms. The quantitative estimate of drug-likeness (QED) is 0.0339. The topological polar surface area (TPSA) is 0 Å². The van der Waals surface area contributed by atoms with E-state index < -0.39 is 0 Å². The molecule has 0 amide bonds. The minimum Gasteiger partial charge on any atom is -0.343 e. The van der Waals surface area contributed by atoms with Crippen LogP contribution in [0.1, 0.15) is 89.9 Å². The van der Waals surface area contributed by atoms with Crippen molar-refractivity contribution in [2.75, 3.05) is 12.3 Å². The molecule has 0 heterocycles. The summed E-state index contributed by atoms with van der Waals surface area (Å²) in [4.78, 5) is 0. The first-order chi connectivity index (χ1) is 23.7. The van der Waals surface area contributed by atoms with Crippen LogP contribution in [0, 0.1) is 13.8 Å². The monoisotopic (exact) mass is 871 g/mol. The molecule has 0 unspecified atom stereocenters. The van der Waals surface area contributed by atoms with Crippen molar-refractivity contribution in [2.45, 2.75) is 89.9 Å². The largest absolute Gasteiger partial charge is 2.00 e. The fourth-order valence-electron chi connectivity index (χ4n) is 5.44. The van der Waals surface area contributed by atoms with Crippen LogP contribution in [0.5, 0.6) is 0 Å². The first kappa shape index (κ1) is 44.9. The van der Waals surface area contributed by atoms with Gasteiger partial charge in [-0.15, -0.1) is 13.2 Å². The Morgan fingerprint density at radius 3 is 0.878 bits per heavy atom. The Balaban J connectivity index is 0.000000475. The smallest absolute Gasteiger partial charge is 0.343 e. The fraction of sp³-hybridized carbons (Fsp3) is 0.348. The predicted molar refractivity (Wildman–Crippen MR) is 224 cm³/mol. The predicted octanol–water partition coefficient (Wildman–Crippen LogP) is 12.7. The Morgan fingerprint density at radius 2 is 0.633 bits per heavy atom. The molecular weight excluding hydrogens is 810 g/mol. The minimum absolute atomic E-state index is 0. The molecule has 0 N–H and O–H groups in total. The molecule has 49 heavy (non-hydrogen) atoms. The van der Waals surface area contributed by atoms with Gasteiger partial charge in [-0.1, -0.05) is 185 Å². The average Bonchev–Trinajstić information content (AvgIpc) is 3.15. The molecule has 4 aromatic rings. The van der Waals surface area contributed by atoms with Gasteiger partial charge in [-0.3, -0.25) is 0 Å². The Hall–Kier alpha value is -2.09. The maximum atomic E-state index is 3.80. The van der Waals surface area contributed by atoms with Gasteiger partial charge < -0.3 is 13.8 Å². The van der Waals surface area contributed by atoms with Crippen molar-refractivity contribution < 1.29 is 21.1 Å². The van der Waals surface area contributed by atoms with E-state index in [1.807, 2.05) is 12.2 Å². The van der Waals surface area contributed by atoms with Gasteiger partial charge in [-0.05, 0) is 75.1 Å². The molecule has 0 nitrogen and oxygen atoms in total. The maximum Gasteiger partial charge on any atom is 2.00 e. The zero-order valence-corrected chi connectivity index (χ0v) is 34.1. The number of allylic oxidation sites excluding steroid dienone is 2. The van der Waals surface area contributed by atoms with Gasteiger partial charge in [0.25, 0.3) is 0 Å². The molecule has 0 saturated heterocycles. The molecule has 0 aromatic heterocycles. The number of hydrogen-bond donors (Lipinski definition) is 0. The van der Waals surface area contributed by atoms with E-state index in [0.717, 1.165) is 12.8 Å². The van der Waals surface area contributed by atoms with Gasteiger partial charge in [0.05, 0.1) is 0 Å². The summed E-state index contributed by atoms with van der Waals surface area (Å²) in [5.41, 5.74) is 0. The Labute approximate surface area is 319 Å². The first-order valence-corrected chi connectivity index (χ1v) is 21.4. The van der Waals surface area contributed by atoms with Gasteiger partial charge in [0.1, 0.15) is 0 Å². The van der Waals surface area contributed by atoms with Crippen LogP contribution in [0.4, 0.5) is 0 Å². The van der Waals surface area contributed by atoms with Gasteiger partial charge in [-0.25, -0.2) is 0 Å². The number of hydrogen-bond acceptors (Lipinski definition) is 0. The second-order valence-electron chi connectivity index (χ2n) is 12.0. The van der Waals surface area contributed by atoms with Gasteiger partial charge in [0.2, 0.25) is 0 Å². The molecule has 4 aromatic carbocycles. The summed E-state index contributed by atoms with van der Waals surface area (Å²) < 4.78 is 0. The van der Waals surface area contributed by atoms with Crippen molar-refractivity contribution >= 4 is 37.1 Å². The number of benzene rings is 4. The second-order valence-corrected chi connectivity index (χ2v) is 16.7. The molecule has 0 aliphatic carbocycles. The van der Waals surface area contributed by atoms with Crippen molar-refractivity contribution in [2.24, 2.45) is 0 Å². The Morgan fingerprint density at radius 1 is 0.388 bits per heavy atom. The summed E-state index contributed by atoms with van der Waals surface area (Å²) >= 11 is 0. The third kappa shape index (κ3) is 21.0. The van der Waals surface area contributed by atoms with E-state index in [1.165, 1.54) is 111 Å². The zero-order valence-electron chi connectivity index (χ0n) is 30.1. The molecule has 0 radical (unpaired) electrons. The van der Waals surface area contributed by atoms with Crippen molar-refractivity contribution in [3.05, 3.63) is 160 Å². The molecular formula is C46H62P2Pt. The van der Waals surface area contributed by atoms with Crippen LogP contribution in [-0.2, 0) is 21.1 Å². The summed E-state index contributed by atoms with van der Waals surface area (Å²) in [6.07, 6.45) is 24.4. The molecule has 0 aliphatic heterocycles. The third-order valence-electron chi connectivity index (χ3n) is 8.14. The second kappa shape index (κ2) is 31.9. The van der Waals surface area contributed by atoms with Crippen molar-refractivity contribution in [1.29, 1.82) is 0 Å². The van der Waals surface area contributed by atoms with Crippen LogP contribution in [0.25, 0.3) is 0 Å². The van der Waals surface area contributed by atoms with Crippen LogP contribution in [0.3, 0.4) is 0 Å². The first-order valence-electron chi connectivity index (χ1n) is 18.3. The summed E-state index contributed by atoms with van der Waals surface area (Å²) in [7, 11) is -0.696. The molecule has 4 rings (SSSR count). The summed E-state index contributed by atoms with van der Waals surface area (Å²) in [6, 6.07) is 44.2. The normalized spacial score (nSPS) is 10.3. The fourth-order valence-corrected chi connectivity index (χ4v) is 10.8. The van der Waals surface area contributed by atoms with Crippen LogP contribution in [0.15, 0.2) is 147 Å². The maximum absolute atomic E-state index is 3.80. The number of unbranched alkanes of at least 4 members (excludes halogenated alkanes) is 12. The summed E-state index contributed by atoms with van der Waals surface area (Å²) in [6.45, 7) is 15.0. The van der Waals surface area contributed by atoms with E-state index in [2.05, 4.69) is 148 Å². The van der Waals surface area contributed by atoms with Crippen molar-refractivity contribution in [3.8, 4) is 0 Å². The summed E-state index contributed by atoms with van der Waals surface area (Å²) in [5, 5.41) is 5.89. The van der Waals surface area contributed by atoms with Crippen LogP contribution >= 0.6 is 15.8 Å². The molecule has 3 heteroatoms. The van der Waals surface area contributed by atoms with Gasteiger partial charge >= 0.3 is 21.1 Å². The van der Waals surface area contributed by atoms with Crippen LogP contribution in [-0.4, -0.2) is 12.3 Å². The minimum atomic E-state index is -0.348. The molecule has 0 fully saturated rings. The average molecular weight is 872 g/mol. The van der Waals surface area contributed by atoms with Gasteiger partial charge in [0, 0.05) is 0 Å². The van der Waals surface area contributed by atoms with Crippen molar-refractivity contribution in [1.82, 2.24) is 0 Å². The molecule has 0 saturated carbocycles. The van der Waals surface area contributed by atoms with Crippen molar-refractivity contribution in [3.63, 3.8) is 0 Å². The van der Waals surface area contributed by atoms with Crippen LogP contribution < -0.4 is 21.2 Å². The molecule has 0 bridgehead atoms. The van der Waals surface area contributed by atoms with E-state index in [0.29, 0.717) is 0 Å². The molecule has 266 valence electrons. The number of rotatable bonds is 21. The summed E-state index contributed by atoms with van der Waals surface area (Å²) in [5.74, 6) is 0. The zero-order chi connectivity index (χ0) is 34.3. The van der Waals surface area contributed by atoms with E-state index in [4.69, 9.17) is 0 Å². The van der Waals surface area contributed by atoms with E-state index in [-0.39, 0.29) is 36.9 Å². The Bertz CT molecular complexity index is 1100. The van der Waals surface area contributed by atoms with Gasteiger partial charge in [-0.2, -0.15) is 12.8 Å². The molecule has 0 aliphatic rings. The van der Waals surface area contributed by atoms with E-state index >= 15 is 0 Å². The van der Waals surface area contributed by atoms with E-state index in [9.17, 15) is 0 Å².